The van der Waals surface area contributed by atoms with Gasteiger partial charge in [0.2, 0.25) is 0 Å². The predicted octanol–water partition coefficient (Wildman–Crippen LogP) is 2.85. The van der Waals surface area contributed by atoms with Crippen molar-refractivity contribution in [3.05, 3.63) is 29.8 Å². The largest absolute Gasteiger partial charge is 0.494 e. The minimum Gasteiger partial charge on any atom is -0.494 e. The highest BCUT2D eigenvalue weighted by atomic mass is 16.5. The first-order chi connectivity index (χ1) is 14.1. The fourth-order valence-electron chi connectivity index (χ4n) is 5.12. The van der Waals surface area contributed by atoms with Crippen molar-refractivity contribution in [2.75, 3.05) is 73.2 Å². The van der Waals surface area contributed by atoms with Gasteiger partial charge >= 0.3 is 0 Å². The highest BCUT2D eigenvalue weighted by Gasteiger charge is 2.40. The van der Waals surface area contributed by atoms with Crippen molar-refractivity contribution in [1.29, 1.82) is 0 Å². The number of hydrogen-bond donors (Lipinski definition) is 0. The van der Waals surface area contributed by atoms with Crippen LogP contribution in [-0.4, -0.2) is 93.9 Å². The van der Waals surface area contributed by atoms with Crippen LogP contribution < -0.4 is 4.74 Å². The van der Waals surface area contributed by atoms with Crippen molar-refractivity contribution in [3.8, 4) is 5.75 Å². The molecule has 3 aliphatic rings. The summed E-state index contributed by atoms with van der Waals surface area (Å²) in [5.41, 5.74) is 1.68. The standard InChI is InChI=1S/C24H39N3O2/c1-25(2)22-18-27(19-22)20-24(10-16-28-17-11-24)21-6-8-23(9-7-21)29-15-5-14-26-12-3-4-13-26/h6-9,22H,3-5,10-20H2,1-2H3. The monoisotopic (exact) mass is 401 g/mol. The summed E-state index contributed by atoms with van der Waals surface area (Å²) in [7, 11) is 4.38. The average Bonchev–Trinajstić information content (AvgIpc) is 3.22. The van der Waals surface area contributed by atoms with Gasteiger partial charge in [-0.2, -0.15) is 0 Å². The second kappa shape index (κ2) is 9.78. The molecule has 5 nitrogen and oxygen atoms in total. The number of hydrogen-bond acceptors (Lipinski definition) is 5. The molecule has 0 atom stereocenters. The fraction of sp³-hybridized carbons (Fsp3) is 0.750. The molecule has 3 aliphatic heterocycles. The van der Waals surface area contributed by atoms with E-state index in [1.165, 1.54) is 51.1 Å². The Hall–Kier alpha value is -1.14. The molecule has 4 rings (SSSR count). The molecule has 0 aliphatic carbocycles. The third-order valence-electron chi connectivity index (χ3n) is 7.20. The van der Waals surface area contributed by atoms with Gasteiger partial charge in [0.1, 0.15) is 5.75 Å². The first kappa shape index (κ1) is 21.1. The summed E-state index contributed by atoms with van der Waals surface area (Å²) < 4.78 is 11.7. The Morgan fingerprint density at radius 1 is 1.03 bits per heavy atom. The molecule has 0 spiro atoms. The van der Waals surface area contributed by atoms with E-state index in [2.05, 4.69) is 53.1 Å². The van der Waals surface area contributed by atoms with Gasteiger partial charge in [-0.05, 0) is 77.0 Å². The van der Waals surface area contributed by atoms with E-state index < -0.39 is 0 Å². The van der Waals surface area contributed by atoms with Crippen LogP contribution in [0.1, 0.15) is 37.7 Å². The van der Waals surface area contributed by atoms with E-state index in [0.717, 1.165) is 51.4 Å². The summed E-state index contributed by atoms with van der Waals surface area (Å²) in [5.74, 6) is 1.01. The molecule has 0 N–H and O–H groups in total. The SMILES string of the molecule is CN(C)C1CN(CC2(c3ccc(OCCCN4CCCC4)cc3)CCOCC2)C1. The van der Waals surface area contributed by atoms with Crippen molar-refractivity contribution in [1.82, 2.24) is 14.7 Å². The molecule has 3 saturated heterocycles. The Morgan fingerprint density at radius 2 is 1.72 bits per heavy atom. The van der Waals surface area contributed by atoms with E-state index in [1.54, 1.807) is 0 Å². The maximum Gasteiger partial charge on any atom is 0.119 e. The molecule has 3 heterocycles. The summed E-state index contributed by atoms with van der Waals surface area (Å²) in [6.45, 7) is 9.80. The second-order valence-electron chi connectivity index (χ2n) is 9.48. The number of likely N-dealkylation sites (N-methyl/N-ethyl adjacent to an activating group) is 1. The van der Waals surface area contributed by atoms with Gasteiger partial charge in [0.25, 0.3) is 0 Å². The van der Waals surface area contributed by atoms with Crippen molar-refractivity contribution >= 4 is 0 Å². The molecule has 0 amide bonds. The molecule has 0 bridgehead atoms. The van der Waals surface area contributed by atoms with Crippen molar-refractivity contribution in [3.63, 3.8) is 0 Å². The minimum atomic E-state index is 0.226. The summed E-state index contributed by atoms with van der Waals surface area (Å²) in [5, 5.41) is 0. The smallest absolute Gasteiger partial charge is 0.119 e. The Balaban J connectivity index is 1.30. The molecular formula is C24H39N3O2. The third kappa shape index (κ3) is 5.32. The number of rotatable bonds is 9. The van der Waals surface area contributed by atoms with E-state index in [9.17, 15) is 0 Å². The lowest BCUT2D eigenvalue weighted by Gasteiger charge is -2.49. The summed E-state index contributed by atoms with van der Waals surface area (Å²) in [6, 6.07) is 9.69. The summed E-state index contributed by atoms with van der Waals surface area (Å²) >= 11 is 0. The van der Waals surface area contributed by atoms with Gasteiger partial charge in [0.05, 0.1) is 6.61 Å². The molecule has 0 radical (unpaired) electrons. The summed E-state index contributed by atoms with van der Waals surface area (Å²) in [6.07, 6.45) is 6.08. The van der Waals surface area contributed by atoms with E-state index >= 15 is 0 Å². The van der Waals surface area contributed by atoms with Crippen LogP contribution in [0.25, 0.3) is 0 Å². The minimum absolute atomic E-state index is 0.226. The predicted molar refractivity (Wildman–Crippen MR) is 118 cm³/mol. The van der Waals surface area contributed by atoms with E-state index in [0.29, 0.717) is 6.04 Å². The van der Waals surface area contributed by atoms with Crippen molar-refractivity contribution < 1.29 is 9.47 Å². The fourth-order valence-corrected chi connectivity index (χ4v) is 5.12. The van der Waals surface area contributed by atoms with Gasteiger partial charge in [-0.15, -0.1) is 0 Å². The Labute approximate surface area is 176 Å². The van der Waals surface area contributed by atoms with Crippen LogP contribution in [0.15, 0.2) is 24.3 Å². The van der Waals surface area contributed by atoms with Crippen LogP contribution in [0.3, 0.4) is 0 Å². The molecular weight excluding hydrogens is 362 g/mol. The molecule has 1 aromatic carbocycles. The lowest BCUT2D eigenvalue weighted by atomic mass is 9.73. The quantitative estimate of drug-likeness (QED) is 0.594. The molecule has 0 saturated carbocycles. The van der Waals surface area contributed by atoms with Crippen LogP contribution in [0.5, 0.6) is 5.75 Å². The first-order valence-corrected chi connectivity index (χ1v) is 11.6. The lowest BCUT2D eigenvalue weighted by molar-refractivity contribution is -0.000768. The average molecular weight is 402 g/mol. The zero-order valence-corrected chi connectivity index (χ0v) is 18.4. The van der Waals surface area contributed by atoms with Gasteiger partial charge < -0.3 is 19.3 Å². The van der Waals surface area contributed by atoms with Crippen molar-refractivity contribution in [2.45, 2.75) is 43.6 Å². The summed E-state index contributed by atoms with van der Waals surface area (Å²) in [4.78, 5) is 7.53. The van der Waals surface area contributed by atoms with Gasteiger partial charge in [-0.25, -0.2) is 0 Å². The van der Waals surface area contributed by atoms with E-state index in [-0.39, 0.29) is 5.41 Å². The normalized spacial score (nSPS) is 23.4. The molecule has 1 aromatic rings. The molecule has 29 heavy (non-hydrogen) atoms. The van der Waals surface area contributed by atoms with Crippen LogP contribution in [0, 0.1) is 0 Å². The van der Waals surface area contributed by atoms with Crippen LogP contribution >= 0.6 is 0 Å². The maximum absolute atomic E-state index is 6.03. The molecule has 3 fully saturated rings. The molecule has 5 heteroatoms. The maximum atomic E-state index is 6.03. The van der Waals surface area contributed by atoms with E-state index in [1.807, 2.05) is 0 Å². The number of ether oxygens (including phenoxy) is 2. The topological polar surface area (TPSA) is 28.2 Å². The van der Waals surface area contributed by atoms with Gasteiger partial charge in [-0.1, -0.05) is 12.1 Å². The molecule has 0 unspecified atom stereocenters. The zero-order valence-electron chi connectivity index (χ0n) is 18.4. The molecule has 0 aromatic heterocycles. The first-order valence-electron chi connectivity index (χ1n) is 11.6. The van der Waals surface area contributed by atoms with Gasteiger partial charge in [0, 0.05) is 50.8 Å². The Kier molecular flexibility index (Phi) is 7.12. The Bertz CT molecular complexity index is 616. The zero-order chi connectivity index (χ0) is 20.1. The highest BCUT2D eigenvalue weighted by Crippen LogP contribution is 2.37. The van der Waals surface area contributed by atoms with Crippen LogP contribution in [0.4, 0.5) is 0 Å². The number of nitrogens with zero attached hydrogens (tertiary/aromatic N) is 3. The highest BCUT2D eigenvalue weighted by molar-refractivity contribution is 5.33. The lowest BCUT2D eigenvalue weighted by Crippen LogP contribution is -2.60. The number of benzene rings is 1. The van der Waals surface area contributed by atoms with Gasteiger partial charge in [-0.3, -0.25) is 4.90 Å². The van der Waals surface area contributed by atoms with Crippen molar-refractivity contribution in [2.24, 2.45) is 0 Å². The van der Waals surface area contributed by atoms with Gasteiger partial charge in [0.15, 0.2) is 0 Å². The molecule has 162 valence electrons. The van der Waals surface area contributed by atoms with E-state index in [4.69, 9.17) is 9.47 Å². The Morgan fingerprint density at radius 3 is 2.38 bits per heavy atom. The van der Waals surface area contributed by atoms with Crippen LogP contribution in [0.2, 0.25) is 0 Å². The second-order valence-corrected chi connectivity index (χ2v) is 9.48. The number of likely N-dealkylation sites (tertiary alicyclic amines) is 2. The third-order valence-corrected chi connectivity index (χ3v) is 7.20. The van der Waals surface area contributed by atoms with Crippen LogP contribution in [-0.2, 0) is 10.2 Å².